The number of amides is 3. The van der Waals surface area contributed by atoms with Crippen molar-refractivity contribution in [2.45, 2.75) is 19.4 Å². The van der Waals surface area contributed by atoms with Gasteiger partial charge in [-0.25, -0.2) is 4.39 Å². The molecule has 8 nitrogen and oxygen atoms in total. The van der Waals surface area contributed by atoms with Crippen molar-refractivity contribution in [3.05, 3.63) is 78.1 Å². The molecule has 0 radical (unpaired) electrons. The summed E-state index contributed by atoms with van der Waals surface area (Å²) < 4.78 is 24.2. The lowest BCUT2D eigenvalue weighted by Crippen LogP contribution is -2.54. The van der Waals surface area contributed by atoms with Gasteiger partial charge in [0, 0.05) is 23.0 Å². The molecule has 0 atom stereocenters. The van der Waals surface area contributed by atoms with Gasteiger partial charge in [-0.1, -0.05) is 6.07 Å². The zero-order valence-corrected chi connectivity index (χ0v) is 19.4. The number of nitrogens with zero attached hydrogens (tertiary/aromatic N) is 1. The summed E-state index contributed by atoms with van der Waals surface area (Å²) in [4.78, 5) is 40.0. The first-order valence-electron chi connectivity index (χ1n) is 10.8. The minimum absolute atomic E-state index is 0.270. The number of nitrogens with one attached hydrogen (secondary N) is 2. The monoisotopic (exact) mass is 477 g/mol. The van der Waals surface area contributed by atoms with Crippen molar-refractivity contribution in [3.8, 4) is 11.5 Å². The van der Waals surface area contributed by atoms with Crippen molar-refractivity contribution in [3.63, 3.8) is 0 Å². The summed E-state index contributed by atoms with van der Waals surface area (Å²) in [6, 6.07) is 16.9. The largest absolute Gasteiger partial charge is 0.497 e. The van der Waals surface area contributed by atoms with Crippen molar-refractivity contribution in [1.82, 2.24) is 0 Å². The molecule has 0 spiro atoms. The predicted molar refractivity (Wildman–Crippen MR) is 129 cm³/mol. The first kappa shape index (κ1) is 23.7. The lowest BCUT2D eigenvalue weighted by Gasteiger charge is -2.38. The Morgan fingerprint density at radius 2 is 1.74 bits per heavy atom. The maximum absolute atomic E-state index is 13.2. The number of ether oxygens (including phenoxy) is 2. The van der Waals surface area contributed by atoms with Crippen LogP contribution in [0.1, 0.15) is 24.2 Å². The van der Waals surface area contributed by atoms with Crippen LogP contribution in [0.2, 0.25) is 0 Å². The zero-order valence-electron chi connectivity index (χ0n) is 19.4. The summed E-state index contributed by atoms with van der Waals surface area (Å²) in [5.41, 5.74) is 0.278. The molecule has 3 aromatic rings. The molecule has 0 unspecified atom stereocenters. The van der Waals surface area contributed by atoms with Crippen LogP contribution in [0, 0.1) is 5.82 Å². The van der Waals surface area contributed by atoms with Gasteiger partial charge in [0.15, 0.2) is 5.60 Å². The molecule has 180 valence electrons. The van der Waals surface area contributed by atoms with Gasteiger partial charge in [-0.2, -0.15) is 0 Å². The van der Waals surface area contributed by atoms with E-state index in [4.69, 9.17) is 9.47 Å². The summed E-state index contributed by atoms with van der Waals surface area (Å²) in [6.45, 7) is 2.88. The smallest absolute Gasteiger partial charge is 0.271 e. The quantitative estimate of drug-likeness (QED) is 0.554. The molecule has 0 saturated heterocycles. The van der Waals surface area contributed by atoms with Gasteiger partial charge in [0.25, 0.3) is 11.8 Å². The van der Waals surface area contributed by atoms with Crippen LogP contribution < -0.4 is 25.0 Å². The van der Waals surface area contributed by atoms with Gasteiger partial charge in [0.1, 0.15) is 23.9 Å². The highest BCUT2D eigenvalue weighted by atomic mass is 19.1. The molecule has 1 heterocycles. The SMILES string of the molecule is COc1cccc(NC(=O)c2ccc3c(c2)N(CC(=O)Nc2ccc(F)cc2)C(=O)C(C)(C)O3)c1. The first-order chi connectivity index (χ1) is 16.7. The number of anilines is 3. The molecule has 0 fully saturated rings. The van der Waals surface area contributed by atoms with Crippen LogP contribution in [0.15, 0.2) is 66.7 Å². The predicted octanol–water partition coefficient (Wildman–Crippen LogP) is 4.23. The van der Waals surface area contributed by atoms with Gasteiger partial charge in [-0.3, -0.25) is 19.3 Å². The summed E-state index contributed by atoms with van der Waals surface area (Å²) in [5, 5.41) is 5.43. The van der Waals surface area contributed by atoms with Gasteiger partial charge in [-0.15, -0.1) is 0 Å². The van der Waals surface area contributed by atoms with Gasteiger partial charge < -0.3 is 20.1 Å². The van der Waals surface area contributed by atoms with Crippen molar-refractivity contribution < 1.29 is 28.2 Å². The van der Waals surface area contributed by atoms with E-state index in [2.05, 4.69) is 10.6 Å². The summed E-state index contributed by atoms with van der Waals surface area (Å²) in [7, 11) is 1.53. The third kappa shape index (κ3) is 5.24. The molecular formula is C26H24FN3O5. The number of fused-ring (bicyclic) bond motifs is 1. The Morgan fingerprint density at radius 1 is 1.00 bits per heavy atom. The third-order valence-corrected chi connectivity index (χ3v) is 5.39. The Morgan fingerprint density at radius 3 is 2.46 bits per heavy atom. The van der Waals surface area contributed by atoms with Crippen LogP contribution in [-0.4, -0.2) is 37.0 Å². The lowest BCUT2D eigenvalue weighted by atomic mass is 10.0. The average Bonchev–Trinajstić information content (AvgIpc) is 2.83. The van der Waals surface area contributed by atoms with E-state index in [1.165, 1.54) is 42.3 Å². The molecule has 3 aromatic carbocycles. The van der Waals surface area contributed by atoms with Crippen LogP contribution in [0.25, 0.3) is 0 Å². The van der Waals surface area contributed by atoms with Crippen LogP contribution >= 0.6 is 0 Å². The molecule has 1 aliphatic heterocycles. The lowest BCUT2D eigenvalue weighted by molar-refractivity contribution is -0.133. The number of carbonyl (C=O) groups is 3. The molecule has 0 aromatic heterocycles. The Balaban J connectivity index is 1.59. The zero-order chi connectivity index (χ0) is 25.2. The van der Waals surface area contributed by atoms with Gasteiger partial charge >= 0.3 is 0 Å². The van der Waals surface area contributed by atoms with Gasteiger partial charge in [-0.05, 0) is 68.4 Å². The summed E-state index contributed by atoms with van der Waals surface area (Å²) in [5.74, 6) is -0.810. The Bertz CT molecular complexity index is 1290. The van der Waals surface area contributed by atoms with Crippen molar-refractivity contribution in [1.29, 1.82) is 0 Å². The van der Waals surface area contributed by atoms with E-state index in [1.807, 2.05) is 0 Å². The molecule has 3 amide bonds. The molecule has 9 heteroatoms. The minimum Gasteiger partial charge on any atom is -0.497 e. The fourth-order valence-electron chi connectivity index (χ4n) is 3.65. The number of halogens is 1. The molecular weight excluding hydrogens is 453 g/mol. The van der Waals surface area contributed by atoms with Crippen LogP contribution in [0.4, 0.5) is 21.5 Å². The number of carbonyl (C=O) groups excluding carboxylic acids is 3. The van der Waals surface area contributed by atoms with E-state index in [1.54, 1.807) is 50.2 Å². The van der Waals surface area contributed by atoms with Crippen molar-refractivity contribution in [2.24, 2.45) is 0 Å². The van der Waals surface area contributed by atoms with E-state index < -0.39 is 29.1 Å². The van der Waals surface area contributed by atoms with E-state index in [9.17, 15) is 18.8 Å². The molecule has 2 N–H and O–H groups in total. The van der Waals surface area contributed by atoms with E-state index in [-0.39, 0.29) is 12.1 Å². The summed E-state index contributed by atoms with van der Waals surface area (Å²) >= 11 is 0. The van der Waals surface area contributed by atoms with Crippen LogP contribution in [0.3, 0.4) is 0 Å². The number of hydrogen-bond acceptors (Lipinski definition) is 5. The maximum atomic E-state index is 13.2. The molecule has 0 saturated carbocycles. The van der Waals surface area contributed by atoms with Crippen molar-refractivity contribution >= 4 is 34.8 Å². The van der Waals surface area contributed by atoms with E-state index >= 15 is 0 Å². The maximum Gasteiger partial charge on any atom is 0.271 e. The molecule has 0 aliphatic carbocycles. The Kier molecular flexibility index (Phi) is 6.42. The van der Waals surface area contributed by atoms with E-state index in [0.717, 1.165) is 0 Å². The number of methoxy groups -OCH3 is 1. The molecule has 35 heavy (non-hydrogen) atoms. The molecule has 0 bridgehead atoms. The molecule has 1 aliphatic rings. The van der Waals surface area contributed by atoms with Gasteiger partial charge in [0.2, 0.25) is 5.91 Å². The van der Waals surface area contributed by atoms with Crippen LogP contribution in [0.5, 0.6) is 11.5 Å². The second-order valence-electron chi connectivity index (χ2n) is 8.43. The number of benzene rings is 3. The first-order valence-corrected chi connectivity index (χ1v) is 10.8. The normalized spacial score (nSPS) is 13.9. The topological polar surface area (TPSA) is 97.0 Å². The Hall–Kier alpha value is -4.40. The van der Waals surface area contributed by atoms with Crippen LogP contribution in [-0.2, 0) is 9.59 Å². The summed E-state index contributed by atoms with van der Waals surface area (Å²) in [6.07, 6.45) is 0. The highest BCUT2D eigenvalue weighted by molar-refractivity contribution is 6.10. The fourth-order valence-corrected chi connectivity index (χ4v) is 3.65. The van der Waals surface area contributed by atoms with Crippen molar-refractivity contribution in [2.75, 3.05) is 29.2 Å². The second-order valence-corrected chi connectivity index (χ2v) is 8.43. The highest BCUT2D eigenvalue weighted by Gasteiger charge is 2.41. The molecule has 4 rings (SSSR count). The van der Waals surface area contributed by atoms with E-state index in [0.29, 0.717) is 28.6 Å². The number of rotatable bonds is 6. The highest BCUT2D eigenvalue weighted by Crippen LogP contribution is 2.38. The third-order valence-electron chi connectivity index (χ3n) is 5.39. The second kappa shape index (κ2) is 9.46. The number of hydrogen-bond donors (Lipinski definition) is 2. The van der Waals surface area contributed by atoms with Gasteiger partial charge in [0.05, 0.1) is 12.8 Å². The average molecular weight is 477 g/mol. The Labute approximate surface area is 201 Å². The standard InChI is InChI=1S/C26H24FN3O5/c1-26(2)25(33)30(15-23(31)28-18-10-8-17(27)9-11-18)21-13-16(7-12-22(21)35-26)24(32)29-19-5-4-6-20(14-19)34-3/h4-14H,15H2,1-3H3,(H,28,31)(H,29,32). The fraction of sp³-hybridized carbons (Fsp3) is 0.192. The minimum atomic E-state index is -1.21.